The summed E-state index contributed by atoms with van der Waals surface area (Å²) in [7, 11) is 0. The van der Waals surface area contributed by atoms with Crippen LogP contribution in [0.1, 0.15) is 38.8 Å². The van der Waals surface area contributed by atoms with E-state index in [0.29, 0.717) is 34.1 Å². The minimum Gasteiger partial charge on any atom is -0.691 e. The second kappa shape index (κ2) is 12.4. The van der Waals surface area contributed by atoms with Gasteiger partial charge < -0.3 is 10.5 Å². The molecule has 12 heteroatoms. The number of hydrogen-bond acceptors (Lipinski definition) is 9. The molecule has 0 amide bonds. The highest BCUT2D eigenvalue weighted by molar-refractivity contribution is 7.99. The molecule has 2 aliphatic heterocycles. The highest BCUT2D eigenvalue weighted by Gasteiger charge is 2.45. The second-order valence-corrected chi connectivity index (χ2v) is 11.3. The van der Waals surface area contributed by atoms with Gasteiger partial charge in [0.1, 0.15) is 24.1 Å². The lowest BCUT2D eigenvalue weighted by molar-refractivity contribution is -0.777. The Morgan fingerprint density at radius 3 is 2.23 bits per heavy atom. The maximum absolute atomic E-state index is 10.2. The van der Waals surface area contributed by atoms with Crippen LogP contribution < -0.4 is 15.4 Å². The molecule has 0 unspecified atom stereocenters. The van der Waals surface area contributed by atoms with E-state index in [2.05, 4.69) is 69.0 Å². The summed E-state index contributed by atoms with van der Waals surface area (Å²) in [6, 6.07) is 17.2. The van der Waals surface area contributed by atoms with E-state index in [0.717, 1.165) is 33.9 Å². The van der Waals surface area contributed by atoms with Gasteiger partial charge in [0.25, 0.3) is 0 Å². The van der Waals surface area contributed by atoms with Crippen LogP contribution in [-0.2, 0) is 29.6 Å². The number of halogens is 2. The van der Waals surface area contributed by atoms with E-state index < -0.39 is 10.8 Å². The van der Waals surface area contributed by atoms with Gasteiger partial charge >= 0.3 is 0 Å². The first-order valence-electron chi connectivity index (χ1n) is 11.3. The first-order chi connectivity index (χ1) is 18.6. The zero-order valence-corrected chi connectivity index (χ0v) is 24.3. The minimum absolute atomic E-state index is 0.446. The quantitative estimate of drug-likeness (QED) is 0.110. The molecule has 39 heavy (non-hydrogen) atoms. The molecule has 0 radical (unpaired) electrons. The number of rotatable bonds is 6. The average Bonchev–Trinajstić information content (AvgIpc) is 3.23. The molecule has 0 saturated carbocycles. The van der Waals surface area contributed by atoms with E-state index in [4.69, 9.17) is 23.2 Å². The van der Waals surface area contributed by atoms with Gasteiger partial charge in [0.05, 0.1) is 16.4 Å². The van der Waals surface area contributed by atoms with Crippen molar-refractivity contribution in [3.8, 4) is 22.6 Å². The maximum Gasteiger partial charge on any atom is 0.244 e. The minimum atomic E-state index is -0.446. The molecule has 0 fully saturated rings. The molecule has 4 rings (SSSR count). The van der Waals surface area contributed by atoms with E-state index in [1.54, 1.807) is 12.1 Å². The topological polar surface area (TPSA) is 89.3 Å². The van der Waals surface area contributed by atoms with Crippen LogP contribution in [0.5, 0.6) is 0 Å². The van der Waals surface area contributed by atoms with Gasteiger partial charge in [-0.2, -0.15) is 8.67 Å². The fraction of sp³-hybridized carbons (Fsp3) is 0.222. The lowest BCUT2D eigenvalue weighted by Gasteiger charge is -2.22. The predicted octanol–water partition coefficient (Wildman–Crippen LogP) is 5.19. The van der Waals surface area contributed by atoms with Gasteiger partial charge in [-0.1, -0.05) is 43.1 Å². The van der Waals surface area contributed by atoms with Crippen molar-refractivity contribution in [1.82, 2.24) is 0 Å². The van der Waals surface area contributed by atoms with Crippen LogP contribution in [-0.4, -0.2) is 10.3 Å². The number of anilines is 1. The van der Waals surface area contributed by atoms with Gasteiger partial charge in [0, 0.05) is 50.2 Å². The second-order valence-electron chi connectivity index (χ2n) is 9.41. The van der Waals surface area contributed by atoms with Gasteiger partial charge in [-0.25, -0.2) is 0 Å². The van der Waals surface area contributed by atoms with Crippen LogP contribution >= 0.6 is 47.3 Å². The summed E-state index contributed by atoms with van der Waals surface area (Å²) in [5.74, 6) is 0. The van der Waals surface area contributed by atoms with Crippen molar-refractivity contribution in [3.63, 3.8) is 0 Å². The standard InChI is InChI=1S/C27H22Cl2N2O6S2/c1-26(2)20-16-18(28)8-10-22(20)30(12-14-38-36-34-32)24(26)6-5-7-25-27(3,4)21-17-19(29)9-11-23(21)31(25)13-15-39-37-35-33/h5-11,16-17H,1-4H3,(H-,32,33)/p-1. The Kier molecular flexibility index (Phi) is 9.37. The van der Waals surface area contributed by atoms with Crippen LogP contribution in [0.15, 0.2) is 60.3 Å². The van der Waals surface area contributed by atoms with E-state index >= 15 is 0 Å². The molecule has 8 nitrogen and oxygen atoms in total. The van der Waals surface area contributed by atoms with E-state index in [1.165, 1.54) is 0 Å². The van der Waals surface area contributed by atoms with Crippen molar-refractivity contribution in [1.29, 1.82) is 0 Å². The van der Waals surface area contributed by atoms with Crippen molar-refractivity contribution in [2.75, 3.05) is 4.90 Å². The summed E-state index contributed by atoms with van der Waals surface area (Å²) < 4.78 is 10.4. The molecule has 0 N–H and O–H groups in total. The Bertz CT molecular complexity index is 1500. The van der Waals surface area contributed by atoms with Crippen molar-refractivity contribution < 1.29 is 33.8 Å². The SMILES string of the molecule is CC1(C)C(/C=C/C=C2\N(C#CSOO[O-])c3ccc(Cl)cc3C2(C)C)=[N+](C#CSOO[O-])c2ccc(Cl)cc21. The van der Waals surface area contributed by atoms with Gasteiger partial charge in [-0.3, -0.25) is 15.0 Å². The van der Waals surface area contributed by atoms with Crippen LogP contribution in [0.25, 0.3) is 0 Å². The van der Waals surface area contributed by atoms with Crippen molar-refractivity contribution in [2.45, 2.75) is 38.5 Å². The molecule has 0 aromatic heterocycles. The number of benzene rings is 2. The highest BCUT2D eigenvalue weighted by Crippen LogP contribution is 2.48. The molecule has 0 aliphatic carbocycles. The van der Waals surface area contributed by atoms with Gasteiger partial charge in [0.2, 0.25) is 17.4 Å². The molecular weight excluding hydrogens is 583 g/mol. The summed E-state index contributed by atoms with van der Waals surface area (Å²) in [4.78, 5) is 1.82. The molecule has 0 spiro atoms. The number of fused-ring (bicyclic) bond motifs is 2. The lowest BCUT2D eigenvalue weighted by Crippen LogP contribution is -2.26. The lowest BCUT2D eigenvalue weighted by atomic mass is 9.81. The number of hydrogen-bond donors (Lipinski definition) is 0. The largest absolute Gasteiger partial charge is 0.691 e. The summed E-state index contributed by atoms with van der Waals surface area (Å²) in [6.07, 6.45) is 5.85. The molecular formula is C27H21Cl2N2O6S2-. The van der Waals surface area contributed by atoms with Crippen LogP contribution in [0.4, 0.5) is 11.4 Å². The Labute approximate surface area is 244 Å². The van der Waals surface area contributed by atoms with Gasteiger partial charge in [0.15, 0.2) is 0 Å². The Morgan fingerprint density at radius 1 is 0.897 bits per heavy atom. The third-order valence-electron chi connectivity index (χ3n) is 6.54. The summed E-state index contributed by atoms with van der Waals surface area (Å²) in [5, 5.41) is 33.7. The fourth-order valence-electron chi connectivity index (χ4n) is 4.73. The first kappa shape index (κ1) is 29.5. The third-order valence-corrected chi connectivity index (χ3v) is 7.60. The number of allylic oxidation sites excluding steroid dienone is 4. The zero-order chi connectivity index (χ0) is 28.2. The predicted molar refractivity (Wildman–Crippen MR) is 149 cm³/mol. The summed E-state index contributed by atoms with van der Waals surface area (Å²) in [5.41, 5.74) is 4.57. The zero-order valence-electron chi connectivity index (χ0n) is 21.1. The first-order valence-corrected chi connectivity index (χ1v) is 13.6. The van der Waals surface area contributed by atoms with Crippen molar-refractivity contribution in [3.05, 3.63) is 81.5 Å². The Morgan fingerprint density at radius 2 is 1.54 bits per heavy atom. The average molecular weight is 605 g/mol. The van der Waals surface area contributed by atoms with E-state index in [-0.39, 0.29) is 0 Å². The fourth-order valence-corrected chi connectivity index (χ4v) is 5.45. The highest BCUT2D eigenvalue weighted by atomic mass is 35.5. The molecule has 2 aliphatic rings. The van der Waals surface area contributed by atoms with Crippen molar-refractivity contribution >= 4 is 64.4 Å². The Balaban J connectivity index is 1.78. The Hall–Kier alpha value is -2.45. The summed E-state index contributed by atoms with van der Waals surface area (Å²) >= 11 is 13.8. The molecule has 202 valence electrons. The molecule has 2 aromatic carbocycles. The van der Waals surface area contributed by atoms with Gasteiger partial charge in [-0.05, 0) is 55.8 Å². The smallest absolute Gasteiger partial charge is 0.244 e. The summed E-state index contributed by atoms with van der Waals surface area (Å²) in [6.45, 7) is 8.30. The molecule has 0 saturated heterocycles. The molecule has 2 aromatic rings. The van der Waals surface area contributed by atoms with E-state index in [1.807, 2.05) is 52.0 Å². The van der Waals surface area contributed by atoms with Crippen molar-refractivity contribution in [2.24, 2.45) is 0 Å². The third kappa shape index (κ3) is 6.02. The monoisotopic (exact) mass is 603 g/mol. The maximum atomic E-state index is 10.2. The number of nitrogens with zero attached hydrogens (tertiary/aromatic N) is 2. The van der Waals surface area contributed by atoms with Gasteiger partial charge in [-0.15, -0.1) is 4.58 Å². The van der Waals surface area contributed by atoms with E-state index in [9.17, 15) is 10.5 Å². The molecule has 0 bridgehead atoms. The normalized spacial score (nSPS) is 17.6. The van der Waals surface area contributed by atoms with Crippen LogP contribution in [0.3, 0.4) is 0 Å². The van der Waals surface area contributed by atoms with Crippen LogP contribution in [0.2, 0.25) is 10.0 Å². The van der Waals surface area contributed by atoms with Crippen LogP contribution in [0, 0.1) is 22.6 Å². The molecule has 2 heterocycles. The molecule has 0 atom stereocenters.